The van der Waals surface area contributed by atoms with Crippen molar-refractivity contribution in [3.8, 4) is 16.3 Å². The molecule has 3 aromatic heterocycles. The Hall–Kier alpha value is -3.56. The zero-order valence-corrected chi connectivity index (χ0v) is 18.2. The van der Waals surface area contributed by atoms with Crippen LogP contribution in [0.25, 0.3) is 22.3 Å². The molecular weight excluding hydrogens is 432 g/mol. The van der Waals surface area contributed by atoms with Crippen LogP contribution >= 0.6 is 22.7 Å². The predicted octanol–water partition coefficient (Wildman–Crippen LogP) is 4.89. The van der Waals surface area contributed by atoms with Crippen LogP contribution in [-0.2, 0) is 9.53 Å². The van der Waals surface area contributed by atoms with Crippen LogP contribution < -0.4 is 5.32 Å². The molecule has 156 valence electrons. The molecule has 0 bridgehead atoms. The molecular formula is C22H18N4O3S2. The molecule has 0 saturated heterocycles. The number of anilines is 1. The van der Waals surface area contributed by atoms with Crippen LogP contribution in [0.2, 0.25) is 0 Å². The van der Waals surface area contributed by atoms with Gasteiger partial charge in [-0.05, 0) is 36.6 Å². The maximum Gasteiger partial charge on any atom is 0.357 e. The zero-order valence-electron chi connectivity index (χ0n) is 16.5. The second-order valence-corrected chi connectivity index (χ2v) is 8.08. The molecule has 1 amide bonds. The van der Waals surface area contributed by atoms with Crippen molar-refractivity contribution in [3.63, 3.8) is 0 Å². The molecule has 0 fully saturated rings. The van der Waals surface area contributed by atoms with Gasteiger partial charge in [0.05, 0.1) is 17.2 Å². The van der Waals surface area contributed by atoms with E-state index in [0.717, 1.165) is 33.2 Å². The number of amides is 1. The minimum Gasteiger partial charge on any atom is -0.461 e. The number of thiophene rings is 1. The van der Waals surface area contributed by atoms with E-state index >= 15 is 0 Å². The average Bonchev–Trinajstić information content (AvgIpc) is 3.53. The number of hydrogen-bond donors (Lipinski definition) is 1. The normalized spacial score (nSPS) is 11.0. The van der Waals surface area contributed by atoms with Gasteiger partial charge >= 0.3 is 5.97 Å². The second-order valence-electron chi connectivity index (χ2n) is 6.27. The van der Waals surface area contributed by atoms with Gasteiger partial charge in [0.15, 0.2) is 10.8 Å². The van der Waals surface area contributed by atoms with Gasteiger partial charge in [0.25, 0.3) is 0 Å². The van der Waals surface area contributed by atoms with Gasteiger partial charge in [-0.2, -0.15) is 5.10 Å². The standard InChI is InChI=1S/C22H18N4O3S2/c1-2-29-21(28)17-14-31-22(23-17)24-19(27)11-10-15-13-26(16-7-4-3-5-8-16)25-20(15)18-9-6-12-30-18/h3-14H,2H2,1H3,(H,23,24,27). The highest BCUT2D eigenvalue weighted by Gasteiger charge is 2.14. The van der Waals surface area contributed by atoms with Gasteiger partial charge in [-0.15, -0.1) is 22.7 Å². The smallest absolute Gasteiger partial charge is 0.357 e. The minimum absolute atomic E-state index is 0.176. The summed E-state index contributed by atoms with van der Waals surface area (Å²) in [5, 5.41) is 11.2. The monoisotopic (exact) mass is 450 g/mol. The Morgan fingerprint density at radius 2 is 2.00 bits per heavy atom. The van der Waals surface area contributed by atoms with Crippen LogP contribution in [0.5, 0.6) is 0 Å². The number of para-hydroxylation sites is 1. The molecule has 4 rings (SSSR count). The van der Waals surface area contributed by atoms with E-state index in [1.165, 1.54) is 6.08 Å². The van der Waals surface area contributed by atoms with E-state index in [2.05, 4.69) is 10.3 Å². The maximum atomic E-state index is 12.4. The molecule has 0 radical (unpaired) electrons. The quantitative estimate of drug-likeness (QED) is 0.320. The summed E-state index contributed by atoms with van der Waals surface area (Å²) in [7, 11) is 0. The Bertz CT molecular complexity index is 1210. The van der Waals surface area contributed by atoms with Crippen LogP contribution in [-0.4, -0.2) is 33.2 Å². The van der Waals surface area contributed by atoms with E-state index in [-0.39, 0.29) is 18.2 Å². The molecule has 7 nitrogen and oxygen atoms in total. The lowest BCUT2D eigenvalue weighted by Gasteiger charge is -1.99. The number of aromatic nitrogens is 3. The first-order valence-electron chi connectivity index (χ1n) is 9.44. The molecule has 1 aromatic carbocycles. The maximum absolute atomic E-state index is 12.4. The van der Waals surface area contributed by atoms with Crippen LogP contribution in [0.3, 0.4) is 0 Å². The van der Waals surface area contributed by atoms with Crippen molar-refractivity contribution in [2.24, 2.45) is 0 Å². The Morgan fingerprint density at radius 3 is 2.74 bits per heavy atom. The van der Waals surface area contributed by atoms with Gasteiger partial charge < -0.3 is 4.74 Å². The number of carbonyl (C=O) groups excluding carboxylic acids is 2. The predicted molar refractivity (Wildman–Crippen MR) is 123 cm³/mol. The van der Waals surface area contributed by atoms with E-state index in [1.807, 2.05) is 54.0 Å². The molecule has 0 saturated carbocycles. The summed E-state index contributed by atoms with van der Waals surface area (Å²) in [4.78, 5) is 29.2. The van der Waals surface area contributed by atoms with E-state index < -0.39 is 5.97 Å². The fraction of sp³-hybridized carbons (Fsp3) is 0.0909. The highest BCUT2D eigenvalue weighted by molar-refractivity contribution is 7.14. The van der Waals surface area contributed by atoms with Crippen molar-refractivity contribution < 1.29 is 14.3 Å². The zero-order chi connectivity index (χ0) is 21.6. The lowest BCUT2D eigenvalue weighted by atomic mass is 10.2. The average molecular weight is 451 g/mol. The SMILES string of the molecule is CCOC(=O)c1csc(NC(=O)C=Cc2cn(-c3ccccc3)nc2-c2cccs2)n1. The number of nitrogens with zero attached hydrogens (tertiary/aromatic N) is 3. The second kappa shape index (κ2) is 9.50. The van der Waals surface area contributed by atoms with Crippen molar-refractivity contribution in [3.05, 3.63) is 76.8 Å². The van der Waals surface area contributed by atoms with Gasteiger partial charge in [0.2, 0.25) is 5.91 Å². The number of rotatable bonds is 7. The molecule has 0 unspecified atom stereocenters. The Morgan fingerprint density at radius 1 is 1.16 bits per heavy atom. The Labute approximate surface area is 186 Å². The Balaban J connectivity index is 1.53. The molecule has 0 spiro atoms. The number of esters is 1. The first kappa shape index (κ1) is 20.7. The summed E-state index contributed by atoms with van der Waals surface area (Å²) in [6.45, 7) is 1.99. The number of carbonyl (C=O) groups is 2. The van der Waals surface area contributed by atoms with E-state index in [1.54, 1.807) is 34.4 Å². The summed E-state index contributed by atoms with van der Waals surface area (Å²) in [6.07, 6.45) is 5.03. The molecule has 3 heterocycles. The number of thiazole rings is 1. The molecule has 0 aliphatic rings. The van der Waals surface area contributed by atoms with Crippen LogP contribution in [0.15, 0.2) is 65.5 Å². The van der Waals surface area contributed by atoms with Gasteiger partial charge in [0.1, 0.15) is 5.69 Å². The molecule has 0 aliphatic heterocycles. The van der Waals surface area contributed by atoms with Crippen molar-refractivity contribution in [2.75, 3.05) is 11.9 Å². The van der Waals surface area contributed by atoms with Crippen LogP contribution in [0.1, 0.15) is 23.0 Å². The molecule has 4 aromatic rings. The first-order chi connectivity index (χ1) is 15.1. The number of hydrogen-bond acceptors (Lipinski definition) is 7. The van der Waals surface area contributed by atoms with Crippen molar-refractivity contribution in [2.45, 2.75) is 6.92 Å². The third-order valence-corrected chi connectivity index (χ3v) is 5.79. The Kier molecular flexibility index (Phi) is 6.34. The van der Waals surface area contributed by atoms with Gasteiger partial charge in [-0.25, -0.2) is 14.5 Å². The lowest BCUT2D eigenvalue weighted by molar-refractivity contribution is -0.111. The number of ether oxygens (including phenoxy) is 1. The van der Waals surface area contributed by atoms with E-state index in [0.29, 0.717) is 5.13 Å². The lowest BCUT2D eigenvalue weighted by Crippen LogP contribution is -2.09. The third kappa shape index (κ3) is 4.96. The minimum atomic E-state index is -0.510. The number of nitrogens with one attached hydrogen (secondary N) is 1. The largest absolute Gasteiger partial charge is 0.461 e. The molecule has 9 heteroatoms. The van der Waals surface area contributed by atoms with Gasteiger partial charge in [-0.1, -0.05) is 24.3 Å². The molecule has 1 N–H and O–H groups in total. The summed E-state index contributed by atoms with van der Waals surface area (Å²) in [5.41, 5.74) is 2.71. The summed E-state index contributed by atoms with van der Waals surface area (Å²) >= 11 is 2.75. The van der Waals surface area contributed by atoms with E-state index in [4.69, 9.17) is 9.84 Å². The fourth-order valence-electron chi connectivity index (χ4n) is 2.77. The van der Waals surface area contributed by atoms with Crippen molar-refractivity contribution >= 4 is 45.8 Å². The highest BCUT2D eigenvalue weighted by Crippen LogP contribution is 2.28. The summed E-state index contributed by atoms with van der Waals surface area (Å²) < 4.78 is 6.70. The number of benzene rings is 1. The first-order valence-corrected chi connectivity index (χ1v) is 11.2. The third-order valence-electron chi connectivity index (χ3n) is 4.15. The molecule has 31 heavy (non-hydrogen) atoms. The molecule has 0 atom stereocenters. The van der Waals surface area contributed by atoms with Crippen LogP contribution in [0.4, 0.5) is 5.13 Å². The van der Waals surface area contributed by atoms with Crippen molar-refractivity contribution in [1.82, 2.24) is 14.8 Å². The van der Waals surface area contributed by atoms with Gasteiger partial charge in [0, 0.05) is 23.2 Å². The summed E-state index contributed by atoms with van der Waals surface area (Å²) in [5.74, 6) is -0.863. The topological polar surface area (TPSA) is 86.1 Å². The van der Waals surface area contributed by atoms with Gasteiger partial charge in [-0.3, -0.25) is 10.1 Å². The van der Waals surface area contributed by atoms with Crippen molar-refractivity contribution in [1.29, 1.82) is 0 Å². The molecule has 0 aliphatic carbocycles. The highest BCUT2D eigenvalue weighted by atomic mass is 32.1. The fourth-order valence-corrected chi connectivity index (χ4v) is 4.18. The van der Waals surface area contributed by atoms with Crippen LogP contribution in [0, 0.1) is 0 Å². The van der Waals surface area contributed by atoms with E-state index in [9.17, 15) is 9.59 Å². The summed E-state index contributed by atoms with van der Waals surface area (Å²) in [6, 6.07) is 13.7.